The number of nitrogens with two attached hydrogens (primary N) is 1. The van der Waals surface area contributed by atoms with E-state index in [1.165, 1.54) is 27.7 Å². The van der Waals surface area contributed by atoms with Crippen LogP contribution in [0.1, 0.15) is 59.3 Å². The van der Waals surface area contributed by atoms with E-state index < -0.39 is 0 Å². The monoisotopic (exact) mass is 475 g/mol. The number of ether oxygens (including phenoxy) is 2. The maximum Gasteiger partial charge on any atom is 0.153 e. The van der Waals surface area contributed by atoms with Gasteiger partial charge in [0.05, 0.1) is 19.3 Å². The predicted octanol–water partition coefficient (Wildman–Crippen LogP) is 6.05. The van der Waals surface area contributed by atoms with E-state index >= 15 is 0 Å². The number of halogens is 1. The molecule has 1 atom stereocenters. The molecule has 3 N–H and O–H groups in total. The van der Waals surface area contributed by atoms with Crippen LogP contribution in [0.4, 0.5) is 0 Å². The van der Waals surface area contributed by atoms with Gasteiger partial charge in [0.1, 0.15) is 18.1 Å². The van der Waals surface area contributed by atoms with Gasteiger partial charge in [-0.15, -0.1) is 0 Å². The molecule has 0 fully saturated rings. The van der Waals surface area contributed by atoms with Crippen LogP contribution in [0, 0.1) is 6.92 Å². The Bertz CT molecular complexity index is 1340. The first kappa shape index (κ1) is 22.8. The smallest absolute Gasteiger partial charge is 0.153 e. The van der Waals surface area contributed by atoms with Crippen LogP contribution < -0.4 is 14.8 Å². The predicted molar refractivity (Wildman–Crippen MR) is 138 cm³/mol. The molecule has 0 amide bonds. The van der Waals surface area contributed by atoms with Crippen molar-refractivity contribution in [1.29, 1.82) is 0 Å². The lowest BCUT2D eigenvalue weighted by Gasteiger charge is -2.23. The zero-order valence-corrected chi connectivity index (χ0v) is 21.0. The van der Waals surface area contributed by atoms with Gasteiger partial charge in [0.15, 0.2) is 6.04 Å². The Morgan fingerprint density at radius 1 is 1.09 bits per heavy atom. The Morgan fingerprint density at radius 2 is 1.91 bits per heavy atom. The summed E-state index contributed by atoms with van der Waals surface area (Å²) in [7, 11) is 1.72. The summed E-state index contributed by atoms with van der Waals surface area (Å²) in [6.07, 6.45) is 1.08. The molecule has 0 unspecified atom stereocenters. The van der Waals surface area contributed by atoms with Gasteiger partial charge >= 0.3 is 0 Å². The highest BCUT2D eigenvalue weighted by Gasteiger charge is 2.29. The molecular weight excluding hydrogens is 444 g/mol. The van der Waals surface area contributed by atoms with Crippen LogP contribution in [0.25, 0.3) is 10.9 Å². The van der Waals surface area contributed by atoms with Gasteiger partial charge in [-0.3, -0.25) is 0 Å². The molecule has 5 rings (SSSR count). The van der Waals surface area contributed by atoms with Crippen molar-refractivity contribution in [2.45, 2.75) is 45.8 Å². The van der Waals surface area contributed by atoms with Crippen LogP contribution >= 0.6 is 11.6 Å². The number of hydrogen-bond donors (Lipinski definition) is 2. The highest BCUT2D eigenvalue weighted by molar-refractivity contribution is 6.31. The standard InChI is InChI=1S/C29H31ClN2O2/c1-17(2)23-15-24(30)18(3)13-27(23)34-16-20-14-19(9-10-26(20)33-4)28-29-22(11-12-31-28)21-7-5-6-8-25(21)32-29/h5-10,13-15,17,28,31-32H,11-12,16H2,1-4H3/p+1/t28-/m0/s1. The summed E-state index contributed by atoms with van der Waals surface area (Å²) >= 11 is 6.39. The zero-order chi connectivity index (χ0) is 23.8. The minimum Gasteiger partial charge on any atom is -0.496 e. The lowest BCUT2D eigenvalue weighted by molar-refractivity contribution is -0.690. The molecule has 0 aliphatic carbocycles. The summed E-state index contributed by atoms with van der Waals surface area (Å²) in [4.78, 5) is 3.70. The quantitative estimate of drug-likeness (QED) is 0.356. The maximum atomic E-state index is 6.39. The molecule has 1 aliphatic rings. The Morgan fingerprint density at radius 3 is 2.71 bits per heavy atom. The summed E-state index contributed by atoms with van der Waals surface area (Å²) in [5, 5.41) is 4.54. The van der Waals surface area contributed by atoms with Crippen LogP contribution in [-0.2, 0) is 13.0 Å². The van der Waals surface area contributed by atoms with Crippen molar-refractivity contribution in [2.75, 3.05) is 13.7 Å². The van der Waals surface area contributed by atoms with E-state index in [1.54, 1.807) is 7.11 Å². The molecule has 0 spiro atoms. The Balaban J connectivity index is 1.48. The van der Waals surface area contributed by atoms with Crippen LogP contribution in [0.3, 0.4) is 0 Å². The molecule has 176 valence electrons. The Hall–Kier alpha value is -2.95. The molecular formula is C29H32ClN2O2+. The number of hydrogen-bond acceptors (Lipinski definition) is 2. The summed E-state index contributed by atoms with van der Waals surface area (Å²) < 4.78 is 12.1. The highest BCUT2D eigenvalue weighted by Crippen LogP contribution is 2.35. The minimum absolute atomic E-state index is 0.227. The van der Waals surface area contributed by atoms with Crippen molar-refractivity contribution < 1.29 is 14.8 Å². The Kier molecular flexibility index (Phi) is 6.28. The van der Waals surface area contributed by atoms with E-state index in [1.807, 2.05) is 19.1 Å². The third-order valence-corrected chi connectivity index (χ3v) is 7.32. The van der Waals surface area contributed by atoms with Crippen LogP contribution in [0.15, 0.2) is 54.6 Å². The number of para-hydroxylation sites is 1. The molecule has 0 saturated carbocycles. The molecule has 0 bridgehead atoms. The van der Waals surface area contributed by atoms with Crippen molar-refractivity contribution in [3.8, 4) is 11.5 Å². The largest absolute Gasteiger partial charge is 0.496 e. The third kappa shape index (κ3) is 4.17. The SMILES string of the molecule is COc1ccc([C@@H]2[NH2+]CCc3c2[nH]c2ccccc32)cc1COc1cc(C)c(Cl)cc1C(C)C. The van der Waals surface area contributed by atoms with Gasteiger partial charge in [0.2, 0.25) is 0 Å². The fraction of sp³-hybridized carbons (Fsp3) is 0.310. The summed E-state index contributed by atoms with van der Waals surface area (Å²) in [6.45, 7) is 7.83. The summed E-state index contributed by atoms with van der Waals surface area (Å²) in [5.74, 6) is 2.04. The van der Waals surface area contributed by atoms with Gasteiger partial charge < -0.3 is 19.8 Å². The lowest BCUT2D eigenvalue weighted by atomic mass is 9.93. The van der Waals surface area contributed by atoms with Gasteiger partial charge in [-0.2, -0.15) is 0 Å². The first-order chi connectivity index (χ1) is 16.5. The Labute approximate surface area is 206 Å². The number of aromatic nitrogens is 1. The number of methoxy groups -OCH3 is 1. The van der Waals surface area contributed by atoms with Crippen LogP contribution in [0.2, 0.25) is 5.02 Å². The normalized spacial score (nSPS) is 15.5. The molecule has 2 heterocycles. The number of aromatic amines is 1. The molecule has 1 aromatic heterocycles. The number of fused-ring (bicyclic) bond motifs is 3. The topological polar surface area (TPSA) is 50.9 Å². The fourth-order valence-corrected chi connectivity index (χ4v) is 5.25. The van der Waals surface area contributed by atoms with Crippen LogP contribution in [-0.4, -0.2) is 18.6 Å². The van der Waals surface area contributed by atoms with E-state index in [0.717, 1.165) is 46.2 Å². The first-order valence-electron chi connectivity index (χ1n) is 12.0. The fourth-order valence-electron chi connectivity index (χ4n) is 5.08. The van der Waals surface area contributed by atoms with Gasteiger partial charge in [-0.05, 0) is 65.9 Å². The van der Waals surface area contributed by atoms with Gasteiger partial charge in [0.25, 0.3) is 0 Å². The number of H-pyrrole nitrogens is 1. The van der Waals surface area contributed by atoms with E-state index in [2.05, 4.69) is 66.6 Å². The third-order valence-electron chi connectivity index (χ3n) is 6.91. The second-order valence-electron chi connectivity index (χ2n) is 9.47. The maximum absolute atomic E-state index is 6.39. The van der Waals surface area contributed by atoms with Crippen molar-refractivity contribution >= 4 is 22.5 Å². The summed E-state index contributed by atoms with van der Waals surface area (Å²) in [5.41, 5.74) is 8.39. The second kappa shape index (κ2) is 9.36. The van der Waals surface area contributed by atoms with Gasteiger partial charge in [0, 0.05) is 33.5 Å². The number of nitrogens with one attached hydrogen (secondary N) is 1. The molecule has 5 heteroatoms. The van der Waals surface area contributed by atoms with E-state index in [0.29, 0.717) is 12.5 Å². The summed E-state index contributed by atoms with van der Waals surface area (Å²) in [6, 6.07) is 19.4. The number of benzene rings is 3. The lowest BCUT2D eigenvalue weighted by Crippen LogP contribution is -2.87. The zero-order valence-electron chi connectivity index (χ0n) is 20.2. The molecule has 3 aromatic carbocycles. The second-order valence-corrected chi connectivity index (χ2v) is 9.88. The number of quaternary nitrogens is 1. The first-order valence-corrected chi connectivity index (χ1v) is 12.4. The van der Waals surface area contributed by atoms with Gasteiger partial charge in [-0.25, -0.2) is 0 Å². The van der Waals surface area contributed by atoms with Gasteiger partial charge in [-0.1, -0.05) is 43.6 Å². The molecule has 1 aliphatic heterocycles. The molecule has 4 nitrogen and oxygen atoms in total. The van der Waals surface area contributed by atoms with E-state index in [4.69, 9.17) is 21.1 Å². The average Bonchev–Trinajstić information content (AvgIpc) is 3.23. The highest BCUT2D eigenvalue weighted by atomic mass is 35.5. The number of rotatable bonds is 6. The average molecular weight is 476 g/mol. The van der Waals surface area contributed by atoms with Crippen LogP contribution in [0.5, 0.6) is 11.5 Å². The molecule has 34 heavy (non-hydrogen) atoms. The minimum atomic E-state index is 0.227. The van der Waals surface area contributed by atoms with E-state index in [9.17, 15) is 0 Å². The molecule has 4 aromatic rings. The number of aryl methyl sites for hydroxylation is 1. The molecule has 0 radical (unpaired) electrons. The van der Waals surface area contributed by atoms with E-state index in [-0.39, 0.29) is 6.04 Å². The van der Waals surface area contributed by atoms with Crippen molar-refractivity contribution in [3.05, 3.63) is 93.1 Å². The molecule has 0 saturated heterocycles. The van der Waals surface area contributed by atoms with Crippen molar-refractivity contribution in [2.24, 2.45) is 0 Å². The van der Waals surface area contributed by atoms with Crippen molar-refractivity contribution in [1.82, 2.24) is 4.98 Å². The van der Waals surface area contributed by atoms with Crippen molar-refractivity contribution in [3.63, 3.8) is 0 Å².